The predicted octanol–water partition coefficient (Wildman–Crippen LogP) is 3.50. The number of nitrogens with zero attached hydrogens (tertiary/aromatic N) is 2. The Kier molecular flexibility index (Phi) is 6.61. The minimum atomic E-state index is -4.55. The largest absolute Gasteiger partial charge is 0.416 e. The van der Waals surface area contributed by atoms with Crippen LogP contribution < -0.4 is 16.4 Å². The van der Waals surface area contributed by atoms with Gasteiger partial charge in [0.05, 0.1) is 17.6 Å². The van der Waals surface area contributed by atoms with Gasteiger partial charge in [0.2, 0.25) is 5.91 Å². The Morgan fingerprint density at radius 1 is 1.06 bits per heavy atom. The van der Waals surface area contributed by atoms with E-state index < -0.39 is 29.6 Å². The zero-order chi connectivity index (χ0) is 23.5. The van der Waals surface area contributed by atoms with Crippen LogP contribution in [-0.2, 0) is 17.5 Å². The summed E-state index contributed by atoms with van der Waals surface area (Å²) in [6.45, 7) is 3.54. The third-order valence-corrected chi connectivity index (χ3v) is 4.77. The lowest BCUT2D eigenvalue weighted by molar-refractivity contribution is -0.137. The number of halogens is 3. The molecular weight excluding hydrogens is 423 g/mol. The second kappa shape index (κ2) is 9.21. The fraction of sp³-hybridized carbons (Fsp3) is 0.273. The van der Waals surface area contributed by atoms with Crippen LogP contribution in [0.3, 0.4) is 0 Å². The lowest BCUT2D eigenvalue weighted by Gasteiger charge is -2.21. The number of benzene rings is 2. The molecule has 1 heterocycles. The molecular formula is C22H22F3N5O2. The molecule has 4 N–H and O–H groups in total. The summed E-state index contributed by atoms with van der Waals surface area (Å²) in [5, 5.41) is 6.23. The van der Waals surface area contributed by atoms with Gasteiger partial charge in [-0.05, 0) is 36.2 Å². The fourth-order valence-electron chi connectivity index (χ4n) is 3.13. The maximum Gasteiger partial charge on any atom is 0.416 e. The van der Waals surface area contributed by atoms with E-state index in [9.17, 15) is 22.8 Å². The highest BCUT2D eigenvalue weighted by Crippen LogP contribution is 2.29. The van der Waals surface area contributed by atoms with Gasteiger partial charge in [-0.15, -0.1) is 0 Å². The molecule has 0 spiro atoms. The molecule has 1 aromatic heterocycles. The maximum atomic E-state index is 12.9. The van der Waals surface area contributed by atoms with Crippen LogP contribution in [0.4, 0.5) is 19.0 Å². The van der Waals surface area contributed by atoms with Gasteiger partial charge >= 0.3 is 6.18 Å². The zero-order valence-electron chi connectivity index (χ0n) is 17.4. The number of rotatable bonds is 7. The van der Waals surface area contributed by atoms with Gasteiger partial charge in [0.15, 0.2) is 5.82 Å². The first-order valence-electron chi connectivity index (χ1n) is 9.83. The van der Waals surface area contributed by atoms with Gasteiger partial charge in [0.25, 0.3) is 5.91 Å². The smallest absolute Gasteiger partial charge is 0.368 e. The number of hydrogen-bond donors (Lipinski definition) is 3. The number of primary amides is 1. The first-order valence-corrected chi connectivity index (χ1v) is 9.83. The molecule has 0 saturated heterocycles. The summed E-state index contributed by atoms with van der Waals surface area (Å²) in [5.74, 6) is -0.748. The molecule has 0 aliphatic carbocycles. The van der Waals surface area contributed by atoms with Gasteiger partial charge in [0.1, 0.15) is 11.9 Å². The van der Waals surface area contributed by atoms with E-state index in [0.29, 0.717) is 16.7 Å². The second-order valence-electron chi connectivity index (χ2n) is 7.54. The maximum absolute atomic E-state index is 12.9. The van der Waals surface area contributed by atoms with E-state index in [1.165, 1.54) is 12.1 Å². The van der Waals surface area contributed by atoms with Crippen molar-refractivity contribution < 1.29 is 22.8 Å². The Morgan fingerprint density at radius 2 is 1.78 bits per heavy atom. The Bertz CT molecular complexity index is 1150. The number of fused-ring (bicyclic) bond motifs is 1. The average molecular weight is 445 g/mol. The van der Waals surface area contributed by atoms with E-state index >= 15 is 0 Å². The van der Waals surface area contributed by atoms with Gasteiger partial charge in [-0.25, -0.2) is 9.97 Å². The van der Waals surface area contributed by atoms with E-state index in [1.807, 2.05) is 13.8 Å². The van der Waals surface area contributed by atoms with E-state index in [1.54, 1.807) is 24.3 Å². The summed E-state index contributed by atoms with van der Waals surface area (Å²) in [6, 6.07) is 10.5. The second-order valence-corrected chi connectivity index (χ2v) is 7.54. The number of hydrogen-bond acceptors (Lipinski definition) is 5. The van der Waals surface area contributed by atoms with Crippen molar-refractivity contribution in [1.82, 2.24) is 15.3 Å². The molecule has 168 valence electrons. The third-order valence-electron chi connectivity index (χ3n) is 4.77. The van der Waals surface area contributed by atoms with Gasteiger partial charge in [-0.1, -0.05) is 32.0 Å². The molecule has 1 atom stereocenters. The normalized spacial score (nSPS) is 12.6. The Labute approximate surface area is 182 Å². The van der Waals surface area contributed by atoms with Crippen molar-refractivity contribution in [2.75, 3.05) is 5.32 Å². The molecule has 2 amide bonds. The minimum Gasteiger partial charge on any atom is -0.368 e. The first kappa shape index (κ1) is 23.0. The van der Waals surface area contributed by atoms with Crippen molar-refractivity contribution in [2.24, 2.45) is 11.7 Å². The molecule has 0 bridgehead atoms. The van der Waals surface area contributed by atoms with Crippen LogP contribution in [0, 0.1) is 5.92 Å². The zero-order valence-corrected chi connectivity index (χ0v) is 17.4. The van der Waals surface area contributed by atoms with Gasteiger partial charge in [0, 0.05) is 10.9 Å². The third kappa shape index (κ3) is 5.32. The van der Waals surface area contributed by atoms with Crippen LogP contribution >= 0.6 is 0 Å². The monoisotopic (exact) mass is 445 g/mol. The molecule has 0 aliphatic heterocycles. The Balaban J connectivity index is 1.85. The van der Waals surface area contributed by atoms with Crippen LogP contribution in [-0.4, -0.2) is 27.8 Å². The summed E-state index contributed by atoms with van der Waals surface area (Å²) < 4.78 is 38.7. The number of aromatic nitrogens is 2. The minimum absolute atomic E-state index is 0.106. The van der Waals surface area contributed by atoms with E-state index in [0.717, 1.165) is 12.1 Å². The van der Waals surface area contributed by atoms with Crippen molar-refractivity contribution in [3.05, 3.63) is 65.5 Å². The lowest BCUT2D eigenvalue weighted by Crippen LogP contribution is -2.40. The fourth-order valence-corrected chi connectivity index (χ4v) is 3.13. The van der Waals surface area contributed by atoms with Crippen LogP contribution in [0.15, 0.2) is 48.5 Å². The summed E-state index contributed by atoms with van der Waals surface area (Å²) in [4.78, 5) is 33.0. The van der Waals surface area contributed by atoms with E-state index in [4.69, 9.17) is 5.73 Å². The molecule has 0 fully saturated rings. The summed E-state index contributed by atoms with van der Waals surface area (Å²) in [5.41, 5.74) is 5.02. The van der Waals surface area contributed by atoms with Gasteiger partial charge in [-0.2, -0.15) is 13.2 Å². The number of amides is 2. The number of nitrogens with two attached hydrogens (primary N) is 1. The highest BCUT2D eigenvalue weighted by molar-refractivity contribution is 5.94. The van der Waals surface area contributed by atoms with E-state index in [2.05, 4.69) is 20.6 Å². The van der Waals surface area contributed by atoms with E-state index in [-0.39, 0.29) is 23.9 Å². The highest BCUT2D eigenvalue weighted by atomic mass is 19.4. The molecule has 10 heteroatoms. The van der Waals surface area contributed by atoms with Gasteiger partial charge in [-0.3, -0.25) is 9.59 Å². The molecule has 2 aromatic carbocycles. The number of carbonyl (C=O) groups is 2. The standard InChI is InChI=1S/C22H22F3N5O2/c1-12(2)18(19(26)31)30-20-15-8-3-4-9-16(15)28-17(29-20)11-27-21(32)13-6-5-7-14(10-13)22(23,24)25/h3-10,12,18H,11H2,1-2H3,(H2,26,31)(H,27,32)(H,28,29,30)/t18-/m0/s1. The quantitative estimate of drug-likeness (QED) is 0.516. The van der Waals surface area contributed by atoms with Crippen molar-refractivity contribution >= 4 is 28.5 Å². The first-order chi connectivity index (χ1) is 15.1. The molecule has 3 aromatic rings. The average Bonchev–Trinajstić information content (AvgIpc) is 2.74. The number of anilines is 1. The van der Waals surface area contributed by atoms with Crippen LogP contribution in [0.5, 0.6) is 0 Å². The molecule has 0 saturated carbocycles. The van der Waals surface area contributed by atoms with Gasteiger partial charge < -0.3 is 16.4 Å². The molecule has 0 unspecified atom stereocenters. The number of nitrogens with one attached hydrogen (secondary N) is 2. The molecule has 3 rings (SSSR count). The summed E-state index contributed by atoms with van der Waals surface area (Å²) in [7, 11) is 0. The Morgan fingerprint density at radius 3 is 2.44 bits per heavy atom. The molecule has 0 radical (unpaired) electrons. The molecule has 7 nitrogen and oxygen atoms in total. The van der Waals surface area contributed by atoms with Crippen LogP contribution in [0.25, 0.3) is 10.9 Å². The van der Waals surface area contributed by atoms with Crippen molar-refractivity contribution in [1.29, 1.82) is 0 Å². The van der Waals surface area contributed by atoms with Crippen molar-refractivity contribution in [3.8, 4) is 0 Å². The number of carbonyl (C=O) groups excluding carboxylic acids is 2. The summed E-state index contributed by atoms with van der Waals surface area (Å²) in [6.07, 6.45) is -4.55. The van der Waals surface area contributed by atoms with Crippen LogP contribution in [0.2, 0.25) is 0 Å². The van der Waals surface area contributed by atoms with Crippen molar-refractivity contribution in [2.45, 2.75) is 32.6 Å². The molecule has 32 heavy (non-hydrogen) atoms. The summed E-state index contributed by atoms with van der Waals surface area (Å²) >= 11 is 0. The van der Waals surface area contributed by atoms with Crippen molar-refractivity contribution in [3.63, 3.8) is 0 Å². The lowest BCUT2D eigenvalue weighted by atomic mass is 10.0. The predicted molar refractivity (Wildman–Crippen MR) is 114 cm³/mol. The van der Waals surface area contributed by atoms with Crippen LogP contribution in [0.1, 0.15) is 35.6 Å². The SMILES string of the molecule is CC(C)[C@H](Nc1nc(CNC(=O)c2cccc(C(F)(F)F)c2)nc2ccccc12)C(N)=O. The number of alkyl halides is 3. The highest BCUT2D eigenvalue weighted by Gasteiger charge is 2.31. The number of para-hydroxylation sites is 1. The topological polar surface area (TPSA) is 110 Å². The Hall–Kier alpha value is -3.69. The molecule has 0 aliphatic rings.